The zero-order valence-electron chi connectivity index (χ0n) is 13.7. The molecule has 2 aromatic carbocycles. The molecule has 2 atom stereocenters. The molecule has 0 bridgehead atoms. The van der Waals surface area contributed by atoms with Crippen molar-refractivity contribution in [2.24, 2.45) is 5.16 Å². The minimum absolute atomic E-state index is 0.234. The number of hydrogen-bond acceptors (Lipinski definition) is 4. The van der Waals surface area contributed by atoms with Gasteiger partial charge in [-0.05, 0) is 0 Å². The Morgan fingerprint density at radius 3 is 1.82 bits per heavy atom. The van der Waals surface area contributed by atoms with Crippen LogP contribution in [-0.4, -0.2) is 31.1 Å². The topological polar surface area (TPSA) is 55.7 Å². The minimum Gasteiger partial charge on any atom is -0.372 e. The fourth-order valence-electron chi connectivity index (χ4n) is 2.98. The van der Waals surface area contributed by atoms with E-state index in [2.05, 4.69) is 9.99 Å². The summed E-state index contributed by atoms with van der Waals surface area (Å²) in [5.41, 5.74) is -11.8. The van der Waals surface area contributed by atoms with E-state index in [0.29, 0.717) is 0 Å². The number of benzene rings is 2. The lowest BCUT2D eigenvalue weighted by molar-refractivity contribution is -0.274. The Labute approximate surface area is 155 Å². The quantitative estimate of drug-likeness (QED) is 0.696. The number of halogens is 6. The van der Waals surface area contributed by atoms with Crippen LogP contribution in [0.25, 0.3) is 0 Å². The highest BCUT2D eigenvalue weighted by molar-refractivity contribution is 7.93. The Balaban J connectivity index is 2.35. The SMILES string of the molecule is O=S(=O)([C@H]1C(c2ccccc2)=NO[C@]1(c1ccccc1)C(F)(F)F)C(F)(F)F. The number of sulfone groups is 1. The van der Waals surface area contributed by atoms with Gasteiger partial charge in [0, 0.05) is 11.1 Å². The third-order valence-electron chi connectivity index (χ3n) is 4.23. The number of oxime groups is 1. The first-order valence-electron chi connectivity index (χ1n) is 7.67. The molecule has 1 heterocycles. The summed E-state index contributed by atoms with van der Waals surface area (Å²) in [6.07, 6.45) is -5.53. The van der Waals surface area contributed by atoms with Gasteiger partial charge in [0.05, 0.1) is 0 Å². The second-order valence-electron chi connectivity index (χ2n) is 5.90. The van der Waals surface area contributed by atoms with Crippen molar-refractivity contribution in [2.75, 3.05) is 0 Å². The summed E-state index contributed by atoms with van der Waals surface area (Å²) in [5.74, 6) is 0. The van der Waals surface area contributed by atoms with Gasteiger partial charge in [0.25, 0.3) is 15.4 Å². The highest BCUT2D eigenvalue weighted by atomic mass is 32.2. The summed E-state index contributed by atoms with van der Waals surface area (Å²) in [6.45, 7) is 0. The van der Waals surface area contributed by atoms with Gasteiger partial charge in [-0.25, -0.2) is 8.42 Å². The Hall–Kier alpha value is -2.56. The molecule has 11 heteroatoms. The van der Waals surface area contributed by atoms with Gasteiger partial charge in [0.1, 0.15) is 5.71 Å². The van der Waals surface area contributed by atoms with E-state index < -0.39 is 43.6 Å². The van der Waals surface area contributed by atoms with E-state index in [9.17, 15) is 34.8 Å². The second-order valence-corrected chi connectivity index (χ2v) is 7.93. The van der Waals surface area contributed by atoms with Crippen LogP contribution in [0, 0.1) is 0 Å². The van der Waals surface area contributed by atoms with E-state index in [1.807, 2.05) is 0 Å². The van der Waals surface area contributed by atoms with Gasteiger partial charge >= 0.3 is 11.7 Å². The molecule has 28 heavy (non-hydrogen) atoms. The molecule has 1 aliphatic heterocycles. The molecule has 0 unspecified atom stereocenters. The molecule has 0 N–H and O–H groups in total. The molecule has 0 saturated carbocycles. The Kier molecular flexibility index (Phi) is 4.69. The molecule has 150 valence electrons. The summed E-state index contributed by atoms with van der Waals surface area (Å²) in [6, 6.07) is 11.7. The van der Waals surface area contributed by atoms with Gasteiger partial charge in [0.2, 0.25) is 0 Å². The lowest BCUT2D eigenvalue weighted by Crippen LogP contribution is -2.58. The Morgan fingerprint density at radius 1 is 0.857 bits per heavy atom. The molecule has 0 fully saturated rings. The lowest BCUT2D eigenvalue weighted by Gasteiger charge is -2.35. The van der Waals surface area contributed by atoms with Crippen LogP contribution in [0.2, 0.25) is 0 Å². The molecule has 0 spiro atoms. The maximum absolute atomic E-state index is 14.1. The number of alkyl halides is 6. The fraction of sp³-hybridized carbons (Fsp3) is 0.235. The van der Waals surface area contributed by atoms with E-state index in [1.54, 1.807) is 0 Å². The minimum atomic E-state index is -6.39. The monoisotopic (exact) mass is 423 g/mol. The van der Waals surface area contributed by atoms with Crippen LogP contribution in [0.5, 0.6) is 0 Å². The van der Waals surface area contributed by atoms with Crippen LogP contribution < -0.4 is 0 Å². The van der Waals surface area contributed by atoms with E-state index in [0.717, 1.165) is 36.4 Å². The number of nitrogens with zero attached hydrogens (tertiary/aromatic N) is 1. The van der Waals surface area contributed by atoms with Crippen molar-refractivity contribution in [3.05, 3.63) is 71.8 Å². The zero-order chi connectivity index (χ0) is 20.8. The van der Waals surface area contributed by atoms with Crippen molar-refractivity contribution >= 4 is 15.5 Å². The van der Waals surface area contributed by atoms with Crippen LogP contribution in [0.1, 0.15) is 11.1 Å². The van der Waals surface area contributed by atoms with Crippen LogP contribution in [0.4, 0.5) is 26.3 Å². The second kappa shape index (κ2) is 6.50. The number of hydrogen-bond donors (Lipinski definition) is 0. The molecule has 0 amide bonds. The van der Waals surface area contributed by atoms with Crippen LogP contribution in [-0.2, 0) is 20.3 Å². The van der Waals surface area contributed by atoms with Gasteiger partial charge in [-0.3, -0.25) is 0 Å². The van der Waals surface area contributed by atoms with E-state index in [4.69, 9.17) is 0 Å². The average molecular weight is 423 g/mol. The Morgan fingerprint density at radius 2 is 1.36 bits per heavy atom. The first-order chi connectivity index (χ1) is 12.9. The first kappa shape index (κ1) is 20.2. The zero-order valence-corrected chi connectivity index (χ0v) is 14.5. The maximum Gasteiger partial charge on any atom is 0.498 e. The van der Waals surface area contributed by atoms with Gasteiger partial charge in [0.15, 0.2) is 5.25 Å². The van der Waals surface area contributed by atoms with E-state index >= 15 is 0 Å². The van der Waals surface area contributed by atoms with Crippen molar-refractivity contribution < 1.29 is 39.6 Å². The molecule has 0 aliphatic carbocycles. The molecule has 0 saturated heterocycles. The normalized spacial score (nSPS) is 23.2. The molecule has 0 radical (unpaired) electrons. The predicted octanol–water partition coefficient (Wildman–Crippen LogP) is 4.18. The molecule has 2 aromatic rings. The van der Waals surface area contributed by atoms with Crippen molar-refractivity contribution in [3.8, 4) is 0 Å². The Bertz CT molecular complexity index is 987. The van der Waals surface area contributed by atoms with Gasteiger partial charge in [-0.1, -0.05) is 65.8 Å². The van der Waals surface area contributed by atoms with Crippen molar-refractivity contribution in [2.45, 2.75) is 22.5 Å². The third kappa shape index (κ3) is 2.93. The van der Waals surface area contributed by atoms with Crippen LogP contribution >= 0.6 is 0 Å². The summed E-state index contributed by atoms with van der Waals surface area (Å²) in [4.78, 5) is 4.54. The fourth-order valence-corrected chi connectivity index (χ4v) is 4.47. The first-order valence-corrected chi connectivity index (χ1v) is 9.21. The van der Waals surface area contributed by atoms with E-state index in [-0.39, 0.29) is 5.56 Å². The van der Waals surface area contributed by atoms with Crippen LogP contribution in [0.15, 0.2) is 65.8 Å². The highest BCUT2D eigenvalue weighted by Crippen LogP contribution is 2.53. The number of rotatable bonds is 3. The molecular formula is C17H11F6NO3S. The lowest BCUT2D eigenvalue weighted by atomic mass is 9.86. The van der Waals surface area contributed by atoms with Crippen molar-refractivity contribution in [3.63, 3.8) is 0 Å². The molecule has 1 aliphatic rings. The molecule has 4 nitrogen and oxygen atoms in total. The molecular weight excluding hydrogens is 412 g/mol. The van der Waals surface area contributed by atoms with E-state index in [1.165, 1.54) is 24.3 Å². The summed E-state index contributed by atoms with van der Waals surface area (Å²) >= 11 is 0. The van der Waals surface area contributed by atoms with Gasteiger partial charge in [-0.2, -0.15) is 26.3 Å². The summed E-state index contributed by atoms with van der Waals surface area (Å²) in [5, 5.41) is 0.00499. The van der Waals surface area contributed by atoms with Crippen molar-refractivity contribution in [1.29, 1.82) is 0 Å². The average Bonchev–Trinajstić information content (AvgIpc) is 3.04. The summed E-state index contributed by atoms with van der Waals surface area (Å²) < 4.78 is 107. The van der Waals surface area contributed by atoms with Crippen molar-refractivity contribution in [1.82, 2.24) is 0 Å². The molecule has 0 aromatic heterocycles. The predicted molar refractivity (Wildman–Crippen MR) is 87.0 cm³/mol. The smallest absolute Gasteiger partial charge is 0.372 e. The maximum atomic E-state index is 14.1. The van der Waals surface area contributed by atoms with Crippen LogP contribution in [0.3, 0.4) is 0 Å². The summed E-state index contributed by atoms with van der Waals surface area (Å²) in [7, 11) is -6.39. The molecule has 3 rings (SSSR count). The van der Waals surface area contributed by atoms with Gasteiger partial charge in [-0.15, -0.1) is 0 Å². The van der Waals surface area contributed by atoms with Gasteiger partial charge < -0.3 is 4.84 Å². The third-order valence-corrected chi connectivity index (χ3v) is 6.05. The highest BCUT2D eigenvalue weighted by Gasteiger charge is 2.75. The standard InChI is InChI=1S/C17H11F6NO3S/c18-16(19,20)15(12-9-5-2-6-10-12)14(28(25,26)17(21,22)23)13(24-27-15)11-7-3-1-4-8-11/h1-10,14H/t14-,15-/m0/s1. The largest absolute Gasteiger partial charge is 0.498 e.